The van der Waals surface area contributed by atoms with Crippen molar-refractivity contribution in [2.45, 2.75) is 19.8 Å². The Bertz CT molecular complexity index is 813. The van der Waals surface area contributed by atoms with Gasteiger partial charge in [-0.15, -0.1) is 0 Å². The predicted octanol–water partition coefficient (Wildman–Crippen LogP) is 1.69. The van der Waals surface area contributed by atoms with Crippen LogP contribution in [-0.4, -0.2) is 35.7 Å². The van der Waals surface area contributed by atoms with Crippen molar-refractivity contribution in [2.75, 3.05) is 18.0 Å². The highest BCUT2D eigenvalue weighted by atomic mass is 16.2. The molecule has 2 bridgehead atoms. The minimum atomic E-state index is -0.233. The van der Waals surface area contributed by atoms with Gasteiger partial charge < -0.3 is 4.90 Å². The molecule has 0 N–H and O–H groups in total. The lowest BCUT2D eigenvalue weighted by Crippen LogP contribution is -2.43. The fourth-order valence-electron chi connectivity index (χ4n) is 5.09. The number of aryl methyl sites for hydroxylation is 1. The van der Waals surface area contributed by atoms with E-state index in [2.05, 4.69) is 18.2 Å². The fourth-order valence-corrected chi connectivity index (χ4v) is 5.09. The highest BCUT2D eigenvalue weighted by molar-refractivity contribution is 6.10. The van der Waals surface area contributed by atoms with Crippen LogP contribution < -0.4 is 4.90 Å². The van der Waals surface area contributed by atoms with Crippen molar-refractivity contribution in [1.29, 1.82) is 0 Å². The Morgan fingerprint density at radius 3 is 2.48 bits per heavy atom. The second-order valence-corrected chi connectivity index (χ2v) is 7.69. The molecule has 1 aromatic carbocycles. The van der Waals surface area contributed by atoms with Gasteiger partial charge in [-0.05, 0) is 48.8 Å². The molecule has 1 saturated carbocycles. The number of allylic oxidation sites excluding steroid dienone is 2. The van der Waals surface area contributed by atoms with Gasteiger partial charge in [-0.1, -0.05) is 24.3 Å². The molecule has 2 fully saturated rings. The number of nitrogens with zero attached hydrogens (tertiary/aromatic N) is 2. The largest absolute Gasteiger partial charge is 0.310 e. The summed E-state index contributed by atoms with van der Waals surface area (Å²) < 4.78 is 0. The van der Waals surface area contributed by atoms with E-state index in [-0.39, 0.29) is 47.9 Å². The molecule has 3 amide bonds. The number of amides is 3. The number of imide groups is 1. The van der Waals surface area contributed by atoms with Gasteiger partial charge in [0.15, 0.2) is 0 Å². The van der Waals surface area contributed by atoms with Gasteiger partial charge in [0.2, 0.25) is 17.7 Å². The number of hydrogen-bond acceptors (Lipinski definition) is 3. The molecule has 0 unspecified atom stereocenters. The quantitative estimate of drug-likeness (QED) is 0.610. The number of fused-ring (bicyclic) bond motifs is 6. The maximum Gasteiger partial charge on any atom is 0.247 e. The molecule has 2 heterocycles. The van der Waals surface area contributed by atoms with Gasteiger partial charge in [0.1, 0.15) is 6.54 Å². The molecule has 5 heteroatoms. The molecular formula is C20H20N2O3. The van der Waals surface area contributed by atoms with Crippen LogP contribution in [0.4, 0.5) is 5.69 Å². The summed E-state index contributed by atoms with van der Waals surface area (Å²) in [6.45, 7) is 2.49. The van der Waals surface area contributed by atoms with E-state index in [1.165, 1.54) is 4.90 Å². The van der Waals surface area contributed by atoms with E-state index in [1.54, 1.807) is 4.90 Å². The molecule has 1 saturated heterocycles. The number of anilines is 1. The summed E-state index contributed by atoms with van der Waals surface area (Å²) in [5.41, 5.74) is 3.17. The molecule has 5 nitrogen and oxygen atoms in total. The smallest absolute Gasteiger partial charge is 0.247 e. The summed E-state index contributed by atoms with van der Waals surface area (Å²) >= 11 is 0. The van der Waals surface area contributed by atoms with Gasteiger partial charge in [0.05, 0.1) is 11.8 Å². The Hall–Kier alpha value is -2.43. The Kier molecular flexibility index (Phi) is 3.00. The topological polar surface area (TPSA) is 57.7 Å². The first-order valence-corrected chi connectivity index (χ1v) is 8.98. The van der Waals surface area contributed by atoms with Crippen molar-refractivity contribution < 1.29 is 14.4 Å². The molecule has 2 aliphatic carbocycles. The summed E-state index contributed by atoms with van der Waals surface area (Å²) in [4.78, 5) is 41.3. The Morgan fingerprint density at radius 2 is 1.80 bits per heavy atom. The lowest BCUT2D eigenvalue weighted by atomic mass is 9.85. The van der Waals surface area contributed by atoms with E-state index in [9.17, 15) is 14.4 Å². The van der Waals surface area contributed by atoms with E-state index in [1.807, 2.05) is 19.1 Å². The summed E-state index contributed by atoms with van der Waals surface area (Å²) in [5.74, 6) is -0.561. The lowest BCUT2D eigenvalue weighted by molar-refractivity contribution is -0.143. The van der Waals surface area contributed by atoms with Crippen LogP contribution in [0.1, 0.15) is 17.5 Å². The van der Waals surface area contributed by atoms with Crippen molar-refractivity contribution >= 4 is 23.4 Å². The number of hydrogen-bond donors (Lipinski definition) is 0. The van der Waals surface area contributed by atoms with Crippen LogP contribution in [0.2, 0.25) is 0 Å². The van der Waals surface area contributed by atoms with Crippen molar-refractivity contribution in [3.63, 3.8) is 0 Å². The second kappa shape index (κ2) is 5.04. The third-order valence-electron chi connectivity index (χ3n) is 6.29. The van der Waals surface area contributed by atoms with Crippen LogP contribution in [0.15, 0.2) is 30.4 Å². The molecule has 128 valence electrons. The molecule has 4 atom stereocenters. The normalized spacial score (nSPS) is 31.9. The van der Waals surface area contributed by atoms with Gasteiger partial charge in [-0.25, -0.2) is 0 Å². The van der Waals surface area contributed by atoms with Crippen molar-refractivity contribution in [2.24, 2.45) is 23.7 Å². The number of benzene rings is 1. The van der Waals surface area contributed by atoms with E-state index in [0.29, 0.717) is 6.54 Å². The molecule has 4 aliphatic rings. The van der Waals surface area contributed by atoms with Gasteiger partial charge in [0, 0.05) is 12.2 Å². The predicted molar refractivity (Wildman–Crippen MR) is 91.7 cm³/mol. The molecule has 0 spiro atoms. The van der Waals surface area contributed by atoms with E-state index < -0.39 is 0 Å². The van der Waals surface area contributed by atoms with Crippen LogP contribution in [0.5, 0.6) is 0 Å². The van der Waals surface area contributed by atoms with Crippen LogP contribution in [0.25, 0.3) is 0 Å². The molecular weight excluding hydrogens is 316 g/mol. The van der Waals surface area contributed by atoms with E-state index >= 15 is 0 Å². The fraction of sp³-hybridized carbons (Fsp3) is 0.450. The zero-order chi connectivity index (χ0) is 17.3. The van der Waals surface area contributed by atoms with Crippen molar-refractivity contribution in [3.8, 4) is 0 Å². The second-order valence-electron chi connectivity index (χ2n) is 7.69. The number of rotatable bonds is 2. The molecule has 0 aromatic heterocycles. The minimum Gasteiger partial charge on any atom is -0.310 e. The zero-order valence-electron chi connectivity index (χ0n) is 14.1. The summed E-state index contributed by atoms with van der Waals surface area (Å²) in [5, 5.41) is 0. The van der Waals surface area contributed by atoms with Gasteiger partial charge in [0.25, 0.3) is 0 Å². The zero-order valence-corrected chi connectivity index (χ0v) is 14.1. The van der Waals surface area contributed by atoms with Crippen LogP contribution >= 0.6 is 0 Å². The number of carbonyl (C=O) groups is 3. The van der Waals surface area contributed by atoms with Crippen molar-refractivity contribution in [3.05, 3.63) is 41.5 Å². The molecule has 5 rings (SSSR count). The van der Waals surface area contributed by atoms with Crippen molar-refractivity contribution in [1.82, 2.24) is 4.90 Å². The number of likely N-dealkylation sites (tertiary alicyclic amines) is 1. The Balaban J connectivity index is 1.37. The SMILES string of the molecule is Cc1ccc2c(c1)N(C(=O)CN1C(=O)[C@@H]3[C@H](C1=O)[C@H]1C=C[C@H]3C1)CC2. The van der Waals surface area contributed by atoms with Crippen LogP contribution in [-0.2, 0) is 20.8 Å². The van der Waals surface area contributed by atoms with Crippen LogP contribution in [0.3, 0.4) is 0 Å². The summed E-state index contributed by atoms with van der Waals surface area (Å²) in [6, 6.07) is 6.11. The maximum atomic E-state index is 12.8. The van der Waals surface area contributed by atoms with Gasteiger partial charge >= 0.3 is 0 Å². The highest BCUT2D eigenvalue weighted by Gasteiger charge is 2.59. The van der Waals surface area contributed by atoms with Crippen LogP contribution in [0, 0.1) is 30.6 Å². The first-order chi connectivity index (χ1) is 12.0. The lowest BCUT2D eigenvalue weighted by Gasteiger charge is -2.22. The summed E-state index contributed by atoms with van der Waals surface area (Å²) in [7, 11) is 0. The summed E-state index contributed by atoms with van der Waals surface area (Å²) in [6.07, 6.45) is 5.87. The average molecular weight is 336 g/mol. The third kappa shape index (κ3) is 1.98. The Labute approximate surface area is 146 Å². The number of carbonyl (C=O) groups excluding carboxylic acids is 3. The highest BCUT2D eigenvalue weighted by Crippen LogP contribution is 2.52. The first-order valence-electron chi connectivity index (χ1n) is 8.98. The minimum absolute atomic E-state index is 0.127. The van der Waals surface area contributed by atoms with E-state index in [0.717, 1.165) is 29.7 Å². The van der Waals surface area contributed by atoms with Gasteiger partial charge in [-0.2, -0.15) is 0 Å². The first kappa shape index (κ1) is 14.9. The standard InChI is InChI=1S/C20H20N2O3/c1-11-2-3-12-6-7-21(15(12)8-11)16(23)10-22-19(24)17-13-4-5-14(9-13)18(17)20(22)25/h2-5,8,13-14,17-18H,6-7,9-10H2,1H3/t13-,14-,17-,18+/m0/s1. The van der Waals surface area contributed by atoms with E-state index in [4.69, 9.17) is 0 Å². The molecule has 0 radical (unpaired) electrons. The van der Waals surface area contributed by atoms with Gasteiger partial charge in [-0.3, -0.25) is 19.3 Å². The maximum absolute atomic E-state index is 12.8. The monoisotopic (exact) mass is 336 g/mol. The molecule has 2 aliphatic heterocycles. The molecule has 25 heavy (non-hydrogen) atoms. The molecule has 1 aromatic rings. The third-order valence-corrected chi connectivity index (χ3v) is 6.29. The Morgan fingerprint density at radius 1 is 1.12 bits per heavy atom. The average Bonchev–Trinajstić information content (AvgIpc) is 3.34.